The Balaban J connectivity index is 1.14. The molecule has 8 aromatic rings. The Kier molecular flexibility index (Phi) is 7.49. The van der Waals surface area contributed by atoms with E-state index in [2.05, 4.69) is 229 Å². The maximum Gasteiger partial charge on any atom is 0.0720 e. The van der Waals surface area contributed by atoms with Gasteiger partial charge in [0.05, 0.1) is 10.8 Å². The minimum atomic E-state index is -0.563. The van der Waals surface area contributed by atoms with Crippen LogP contribution in [0.5, 0.6) is 0 Å². The second-order valence-corrected chi connectivity index (χ2v) is 17.1. The van der Waals surface area contributed by atoms with Gasteiger partial charge >= 0.3 is 0 Å². The van der Waals surface area contributed by atoms with Crippen molar-refractivity contribution in [1.29, 1.82) is 0 Å². The van der Waals surface area contributed by atoms with Crippen molar-refractivity contribution >= 4 is 28.8 Å². The molecule has 0 amide bonds. The number of thioether (sulfide) groups is 1. The summed E-state index contributed by atoms with van der Waals surface area (Å²) in [5.74, 6) is 0.424. The summed E-state index contributed by atoms with van der Waals surface area (Å²) < 4.78 is 0. The summed E-state index contributed by atoms with van der Waals surface area (Å²) in [4.78, 5) is 3.83. The molecule has 1 nitrogen and oxygen atoms in total. The molecule has 1 spiro atoms. The number of nitrogens with zero attached hydrogens (tertiary/aromatic N) is 1. The van der Waals surface area contributed by atoms with Crippen LogP contribution in [0.2, 0.25) is 0 Å². The second-order valence-electron chi connectivity index (χ2n) is 15.9. The smallest absolute Gasteiger partial charge is 0.0720 e. The molecule has 4 aliphatic rings. The summed E-state index contributed by atoms with van der Waals surface area (Å²) in [5.41, 5.74) is 16.9. The molecule has 0 saturated carbocycles. The maximum absolute atomic E-state index is 2.51. The normalized spacial score (nSPS) is 18.1. The molecule has 0 bridgehead atoms. The zero-order chi connectivity index (χ0) is 38.3. The van der Waals surface area contributed by atoms with Crippen LogP contribution in [0.15, 0.2) is 229 Å². The first-order chi connectivity index (χ1) is 28.8. The van der Waals surface area contributed by atoms with Crippen LogP contribution in [0.1, 0.15) is 56.0 Å². The average molecular weight is 758 g/mol. The summed E-state index contributed by atoms with van der Waals surface area (Å²) in [5, 5.41) is 0.448. The first kappa shape index (κ1) is 33.5. The lowest BCUT2D eigenvalue weighted by Gasteiger charge is -2.50. The Morgan fingerprint density at radius 2 is 0.879 bits per heavy atom. The predicted molar refractivity (Wildman–Crippen MR) is 241 cm³/mol. The van der Waals surface area contributed by atoms with Gasteiger partial charge < -0.3 is 4.90 Å². The van der Waals surface area contributed by atoms with Crippen LogP contribution in [-0.4, -0.2) is 5.25 Å². The van der Waals surface area contributed by atoms with Gasteiger partial charge in [-0.2, -0.15) is 0 Å². The van der Waals surface area contributed by atoms with Crippen LogP contribution < -0.4 is 4.90 Å². The van der Waals surface area contributed by atoms with Crippen molar-refractivity contribution in [3.8, 4) is 11.1 Å². The minimum Gasteiger partial charge on any atom is -0.310 e. The van der Waals surface area contributed by atoms with Gasteiger partial charge in [0.25, 0.3) is 0 Å². The van der Waals surface area contributed by atoms with Gasteiger partial charge in [-0.05, 0) is 97.6 Å². The molecule has 0 fully saturated rings. The molecule has 2 heteroatoms. The molecule has 0 radical (unpaired) electrons. The average Bonchev–Trinajstić information content (AvgIpc) is 3.81. The van der Waals surface area contributed by atoms with Crippen molar-refractivity contribution in [2.24, 2.45) is 0 Å². The molecule has 58 heavy (non-hydrogen) atoms. The third kappa shape index (κ3) is 4.55. The number of para-hydroxylation sites is 1. The van der Waals surface area contributed by atoms with E-state index >= 15 is 0 Å². The first-order valence-corrected chi connectivity index (χ1v) is 21.2. The number of benzene rings is 8. The third-order valence-electron chi connectivity index (χ3n) is 13.1. The van der Waals surface area contributed by atoms with Gasteiger partial charge in [-0.3, -0.25) is 0 Å². The van der Waals surface area contributed by atoms with E-state index < -0.39 is 10.8 Å². The summed E-state index contributed by atoms with van der Waals surface area (Å²) >= 11 is 1.99. The molecular formula is C56H39NS. The topological polar surface area (TPSA) is 3.24 Å². The Morgan fingerprint density at radius 3 is 1.53 bits per heavy atom. The third-order valence-corrected chi connectivity index (χ3v) is 14.5. The van der Waals surface area contributed by atoms with Gasteiger partial charge in [-0.15, -0.1) is 11.8 Å². The number of allylic oxidation sites excluding steroid dienone is 3. The van der Waals surface area contributed by atoms with E-state index in [0.29, 0.717) is 11.2 Å². The molecule has 0 N–H and O–H groups in total. The van der Waals surface area contributed by atoms with Crippen LogP contribution in [0, 0.1) is 0 Å². The molecule has 1 heterocycles. The van der Waals surface area contributed by atoms with Crippen molar-refractivity contribution < 1.29 is 0 Å². The van der Waals surface area contributed by atoms with E-state index in [1.54, 1.807) is 0 Å². The van der Waals surface area contributed by atoms with Crippen LogP contribution in [0.4, 0.5) is 17.1 Å². The van der Waals surface area contributed by atoms with Gasteiger partial charge in [0.2, 0.25) is 0 Å². The highest BCUT2D eigenvalue weighted by molar-refractivity contribution is 8.00. The first-order valence-electron chi connectivity index (χ1n) is 20.3. The standard InChI is InChI=1S/C56H39NS/c1-4-18-38(19-5-1)55(39-20-6-2-7-21-39)48-27-13-15-29-50(48)56(51-30-16-14-28-49(51)55)47-26-12-10-24-43(47)44-34-32-41(36-52(44)56)57(40-22-8-3-9-23-40)42-33-35-46-45-25-11-17-31-53(45)58-54(46)37-42/h1-37,45,53H. The zero-order valence-corrected chi connectivity index (χ0v) is 32.7. The Morgan fingerprint density at radius 1 is 0.379 bits per heavy atom. The van der Waals surface area contributed by atoms with Gasteiger partial charge in [0.1, 0.15) is 0 Å². The largest absolute Gasteiger partial charge is 0.310 e. The number of rotatable bonds is 5. The van der Waals surface area contributed by atoms with Crippen molar-refractivity contribution in [3.05, 3.63) is 275 Å². The zero-order valence-electron chi connectivity index (χ0n) is 31.9. The van der Waals surface area contributed by atoms with Crippen molar-refractivity contribution in [3.63, 3.8) is 0 Å². The van der Waals surface area contributed by atoms with Crippen LogP contribution in [0.25, 0.3) is 11.1 Å². The van der Waals surface area contributed by atoms with Crippen LogP contribution in [0.3, 0.4) is 0 Å². The fraction of sp³-hybridized carbons (Fsp3) is 0.0714. The van der Waals surface area contributed by atoms with Gasteiger partial charge in [0, 0.05) is 33.1 Å². The summed E-state index contributed by atoms with van der Waals surface area (Å²) in [7, 11) is 0. The van der Waals surface area contributed by atoms with Crippen LogP contribution in [-0.2, 0) is 10.8 Å². The highest BCUT2D eigenvalue weighted by Crippen LogP contribution is 2.65. The number of hydrogen-bond acceptors (Lipinski definition) is 2. The molecule has 8 aromatic carbocycles. The SMILES string of the molecule is C1=CC2Sc3cc(N(c4ccccc4)c4ccc5c(c4)C4(c6ccccc6-5)c5ccccc5C(c5ccccc5)(c5ccccc5)c5ccccc54)ccc3C2C=C1. The minimum absolute atomic E-state index is 0.424. The molecule has 12 rings (SSSR count). The predicted octanol–water partition coefficient (Wildman–Crippen LogP) is 13.9. The molecule has 274 valence electrons. The lowest BCUT2D eigenvalue weighted by molar-refractivity contribution is 0.623. The fourth-order valence-electron chi connectivity index (χ4n) is 10.9. The van der Waals surface area contributed by atoms with Crippen molar-refractivity contribution in [2.75, 3.05) is 4.90 Å². The summed E-state index contributed by atoms with van der Waals surface area (Å²) in [6.45, 7) is 0. The van der Waals surface area contributed by atoms with E-state index in [1.165, 1.54) is 71.8 Å². The highest BCUT2D eigenvalue weighted by atomic mass is 32.2. The quantitative estimate of drug-likeness (QED) is 0.172. The Labute approximate surface area is 344 Å². The molecule has 2 unspecified atom stereocenters. The summed E-state index contributed by atoms with van der Waals surface area (Å²) in [6.07, 6.45) is 9.11. The van der Waals surface area contributed by atoms with Crippen molar-refractivity contribution in [1.82, 2.24) is 0 Å². The lowest BCUT2D eigenvalue weighted by Crippen LogP contribution is -2.44. The molecular weight excluding hydrogens is 719 g/mol. The molecule has 0 aromatic heterocycles. The van der Waals surface area contributed by atoms with Gasteiger partial charge in [-0.25, -0.2) is 0 Å². The molecule has 1 aliphatic heterocycles. The molecule has 3 aliphatic carbocycles. The lowest BCUT2D eigenvalue weighted by atomic mass is 9.51. The molecule has 0 saturated heterocycles. The number of hydrogen-bond donors (Lipinski definition) is 0. The van der Waals surface area contributed by atoms with E-state index in [9.17, 15) is 0 Å². The van der Waals surface area contributed by atoms with E-state index in [0.717, 1.165) is 11.4 Å². The maximum atomic E-state index is 2.51. The fourth-order valence-corrected chi connectivity index (χ4v) is 12.3. The summed E-state index contributed by atoms with van der Waals surface area (Å²) in [6, 6.07) is 75.3. The molecule has 2 atom stereocenters. The van der Waals surface area contributed by atoms with Gasteiger partial charge in [-0.1, -0.05) is 188 Å². The van der Waals surface area contributed by atoms with Gasteiger partial charge in [0.15, 0.2) is 0 Å². The monoisotopic (exact) mass is 757 g/mol. The van der Waals surface area contributed by atoms with E-state index in [-0.39, 0.29) is 0 Å². The number of anilines is 3. The van der Waals surface area contributed by atoms with Crippen molar-refractivity contribution in [2.45, 2.75) is 26.9 Å². The van der Waals surface area contributed by atoms with E-state index in [4.69, 9.17) is 0 Å². The highest BCUT2D eigenvalue weighted by Gasteiger charge is 2.56. The Hall–Kier alpha value is -6.61. The van der Waals surface area contributed by atoms with Crippen LogP contribution >= 0.6 is 11.8 Å². The van der Waals surface area contributed by atoms with E-state index in [1.807, 2.05) is 11.8 Å². The number of fused-ring (bicyclic) bond motifs is 12. The Bertz CT molecular complexity index is 2860. The second kappa shape index (κ2) is 13.0.